The Morgan fingerprint density at radius 3 is 1.24 bits per heavy atom. The van der Waals surface area contributed by atoms with Crippen LogP contribution < -0.4 is 5.32 Å². The number of aliphatic carboxylic acids is 1. The molecule has 244 valence electrons. The fourth-order valence-corrected chi connectivity index (χ4v) is 2.87. The molecule has 0 radical (unpaired) electrons. The molecule has 0 aliphatic carbocycles. The SMILES string of the molecule is CCC(C)COCCOCCOCCOCCOCCOCCOCCOCCOCCCNC(=O)CCC(=O)O. The summed E-state index contributed by atoms with van der Waals surface area (Å²) in [5.74, 6) is -0.651. The van der Waals surface area contributed by atoms with E-state index in [2.05, 4.69) is 19.2 Å². The summed E-state index contributed by atoms with van der Waals surface area (Å²) in [4.78, 5) is 21.7. The summed E-state index contributed by atoms with van der Waals surface area (Å²) in [7, 11) is 0. The quantitative estimate of drug-likeness (QED) is 0.104. The summed E-state index contributed by atoms with van der Waals surface area (Å²) in [6.45, 7) is 14.3. The van der Waals surface area contributed by atoms with E-state index in [0.29, 0.717) is 131 Å². The van der Waals surface area contributed by atoms with Crippen LogP contribution in [0.4, 0.5) is 0 Å². The van der Waals surface area contributed by atoms with Crippen molar-refractivity contribution in [2.24, 2.45) is 5.92 Å². The highest BCUT2D eigenvalue weighted by molar-refractivity contribution is 5.80. The van der Waals surface area contributed by atoms with E-state index >= 15 is 0 Å². The van der Waals surface area contributed by atoms with Gasteiger partial charge in [-0.25, -0.2) is 0 Å². The number of hydrogen-bond donors (Lipinski definition) is 2. The number of carbonyl (C=O) groups excluding carboxylic acids is 1. The van der Waals surface area contributed by atoms with E-state index in [9.17, 15) is 9.59 Å². The molecule has 0 aliphatic heterocycles. The van der Waals surface area contributed by atoms with E-state index in [-0.39, 0.29) is 18.7 Å². The maximum atomic E-state index is 11.3. The van der Waals surface area contributed by atoms with Crippen molar-refractivity contribution < 1.29 is 57.3 Å². The second kappa shape index (κ2) is 33.1. The van der Waals surface area contributed by atoms with Crippen LogP contribution in [0, 0.1) is 5.92 Å². The number of carbonyl (C=O) groups is 2. The minimum absolute atomic E-state index is 0.00606. The lowest BCUT2D eigenvalue weighted by Crippen LogP contribution is -2.25. The molecule has 0 aromatic rings. The van der Waals surface area contributed by atoms with E-state index < -0.39 is 5.97 Å². The van der Waals surface area contributed by atoms with Gasteiger partial charge in [-0.3, -0.25) is 9.59 Å². The van der Waals surface area contributed by atoms with Gasteiger partial charge in [0.15, 0.2) is 0 Å². The first-order valence-electron chi connectivity index (χ1n) is 14.7. The predicted octanol–water partition coefficient (Wildman–Crippen LogP) is 1.55. The highest BCUT2D eigenvalue weighted by atomic mass is 16.6. The molecule has 13 nitrogen and oxygen atoms in total. The summed E-state index contributed by atoms with van der Waals surface area (Å²) < 4.78 is 49.1. The van der Waals surface area contributed by atoms with Gasteiger partial charge in [0.05, 0.1) is 112 Å². The highest BCUT2D eigenvalue weighted by Gasteiger charge is 2.04. The van der Waals surface area contributed by atoms with Crippen LogP contribution in [0.3, 0.4) is 0 Å². The van der Waals surface area contributed by atoms with Gasteiger partial charge in [0.25, 0.3) is 0 Å². The molecule has 1 amide bonds. The minimum atomic E-state index is -0.980. The molecule has 0 rings (SSSR count). The fraction of sp³-hybridized carbons (Fsp3) is 0.929. The maximum absolute atomic E-state index is 11.3. The first-order valence-corrected chi connectivity index (χ1v) is 14.7. The van der Waals surface area contributed by atoms with Crippen LogP contribution in [0.5, 0.6) is 0 Å². The van der Waals surface area contributed by atoms with E-state index in [4.69, 9.17) is 47.7 Å². The lowest BCUT2D eigenvalue weighted by atomic mass is 10.1. The lowest BCUT2D eigenvalue weighted by Gasteiger charge is -2.10. The van der Waals surface area contributed by atoms with Gasteiger partial charge in [-0.15, -0.1) is 0 Å². The Balaban J connectivity index is 3.09. The predicted molar refractivity (Wildman–Crippen MR) is 151 cm³/mol. The van der Waals surface area contributed by atoms with Crippen molar-refractivity contribution in [3.8, 4) is 0 Å². The first-order chi connectivity index (χ1) is 20.1. The number of hydrogen-bond acceptors (Lipinski definition) is 11. The Labute approximate surface area is 245 Å². The highest BCUT2D eigenvalue weighted by Crippen LogP contribution is 2.00. The summed E-state index contributed by atoms with van der Waals surface area (Å²) in [6.07, 6.45) is 1.62. The number of rotatable bonds is 34. The molecule has 41 heavy (non-hydrogen) atoms. The number of amides is 1. The zero-order chi connectivity index (χ0) is 30.1. The second-order valence-corrected chi connectivity index (χ2v) is 9.08. The Morgan fingerprint density at radius 2 is 0.902 bits per heavy atom. The largest absolute Gasteiger partial charge is 0.481 e. The third-order valence-corrected chi connectivity index (χ3v) is 5.43. The average Bonchev–Trinajstić information content (AvgIpc) is 2.96. The molecule has 0 aromatic carbocycles. The molecule has 2 N–H and O–H groups in total. The van der Waals surface area contributed by atoms with Gasteiger partial charge in [0.1, 0.15) is 0 Å². The monoisotopic (exact) mass is 597 g/mol. The number of carboxylic acid groups (broad SMARTS) is 1. The summed E-state index contributed by atoms with van der Waals surface area (Å²) in [5.41, 5.74) is 0. The van der Waals surface area contributed by atoms with E-state index in [0.717, 1.165) is 13.0 Å². The Bertz CT molecular complexity index is 570. The molecule has 1 unspecified atom stereocenters. The topological polar surface area (TPSA) is 149 Å². The van der Waals surface area contributed by atoms with Crippen LogP contribution in [-0.4, -0.2) is 142 Å². The van der Waals surface area contributed by atoms with Crippen molar-refractivity contribution in [2.75, 3.05) is 125 Å². The molecule has 13 heteroatoms. The van der Waals surface area contributed by atoms with Gasteiger partial charge in [0.2, 0.25) is 5.91 Å². The average molecular weight is 598 g/mol. The number of carboxylic acids is 1. The molecule has 0 heterocycles. The molecule has 0 fully saturated rings. The lowest BCUT2D eigenvalue weighted by molar-refractivity contribution is -0.138. The Hall–Kier alpha value is -1.42. The fourth-order valence-electron chi connectivity index (χ4n) is 2.87. The van der Waals surface area contributed by atoms with E-state index in [1.165, 1.54) is 0 Å². The van der Waals surface area contributed by atoms with Crippen LogP contribution in [0.1, 0.15) is 39.5 Å². The van der Waals surface area contributed by atoms with Gasteiger partial charge in [-0.1, -0.05) is 20.3 Å². The number of ether oxygens (including phenoxy) is 9. The van der Waals surface area contributed by atoms with Crippen LogP contribution >= 0.6 is 0 Å². The molecule has 0 aromatic heterocycles. The van der Waals surface area contributed by atoms with E-state index in [1.807, 2.05) is 0 Å². The van der Waals surface area contributed by atoms with Gasteiger partial charge in [0, 0.05) is 26.2 Å². The minimum Gasteiger partial charge on any atom is -0.481 e. The van der Waals surface area contributed by atoms with Crippen molar-refractivity contribution in [3.05, 3.63) is 0 Å². The van der Waals surface area contributed by atoms with E-state index in [1.54, 1.807) is 0 Å². The van der Waals surface area contributed by atoms with Gasteiger partial charge >= 0.3 is 5.97 Å². The van der Waals surface area contributed by atoms with Crippen molar-refractivity contribution in [1.29, 1.82) is 0 Å². The molecule has 1 atom stereocenters. The second-order valence-electron chi connectivity index (χ2n) is 9.08. The molecule has 0 bridgehead atoms. The molecular formula is C28H55NO12. The Kier molecular flexibility index (Phi) is 31.9. The third kappa shape index (κ3) is 34.7. The van der Waals surface area contributed by atoms with Crippen LogP contribution in [0.2, 0.25) is 0 Å². The zero-order valence-corrected chi connectivity index (χ0v) is 25.3. The smallest absolute Gasteiger partial charge is 0.303 e. The molecular weight excluding hydrogens is 542 g/mol. The standard InChI is InChI=1S/C28H55NO12/c1-3-26(2)25-41-24-23-40-22-21-39-20-19-38-18-17-37-16-15-36-14-13-35-12-11-34-10-9-33-8-4-7-29-27(30)5-6-28(31)32/h26H,3-25H2,1-2H3,(H,29,30)(H,31,32). The van der Waals surface area contributed by atoms with Crippen LogP contribution in [0.15, 0.2) is 0 Å². The molecule has 0 saturated heterocycles. The van der Waals surface area contributed by atoms with Gasteiger partial charge in [-0.2, -0.15) is 0 Å². The van der Waals surface area contributed by atoms with Crippen molar-refractivity contribution >= 4 is 11.9 Å². The number of nitrogens with one attached hydrogen (secondary N) is 1. The molecule has 0 saturated carbocycles. The Morgan fingerprint density at radius 1 is 0.561 bits per heavy atom. The summed E-state index contributed by atoms with van der Waals surface area (Å²) in [6, 6.07) is 0. The van der Waals surface area contributed by atoms with Gasteiger partial charge in [-0.05, 0) is 12.3 Å². The van der Waals surface area contributed by atoms with Crippen molar-refractivity contribution in [2.45, 2.75) is 39.5 Å². The third-order valence-electron chi connectivity index (χ3n) is 5.43. The summed E-state index contributed by atoms with van der Waals surface area (Å²) >= 11 is 0. The molecule has 0 aliphatic rings. The maximum Gasteiger partial charge on any atom is 0.303 e. The summed E-state index contributed by atoms with van der Waals surface area (Å²) in [5, 5.41) is 11.2. The van der Waals surface area contributed by atoms with Crippen molar-refractivity contribution in [1.82, 2.24) is 5.32 Å². The molecule has 0 spiro atoms. The first kappa shape index (κ1) is 39.6. The van der Waals surface area contributed by atoms with Crippen LogP contribution in [-0.2, 0) is 52.2 Å². The normalized spacial score (nSPS) is 12.0. The van der Waals surface area contributed by atoms with Crippen LogP contribution in [0.25, 0.3) is 0 Å². The zero-order valence-electron chi connectivity index (χ0n) is 25.3. The van der Waals surface area contributed by atoms with Gasteiger partial charge < -0.3 is 53.1 Å². The van der Waals surface area contributed by atoms with Crippen molar-refractivity contribution in [3.63, 3.8) is 0 Å².